The first-order valence-electron chi connectivity index (χ1n) is 8.07. The van der Waals surface area contributed by atoms with Gasteiger partial charge >= 0.3 is 7.12 Å². The van der Waals surface area contributed by atoms with E-state index in [4.69, 9.17) is 14.0 Å². The second-order valence-electron chi connectivity index (χ2n) is 7.24. The number of benzene rings is 1. The van der Waals surface area contributed by atoms with Crippen LogP contribution in [0.25, 0.3) is 0 Å². The molecule has 1 fully saturated rings. The van der Waals surface area contributed by atoms with E-state index in [1.807, 2.05) is 12.1 Å². The summed E-state index contributed by atoms with van der Waals surface area (Å²) in [5, 5.41) is 0. The highest BCUT2D eigenvalue weighted by molar-refractivity contribution is 6.62. The molecule has 0 amide bonds. The van der Waals surface area contributed by atoms with Crippen LogP contribution in [-0.2, 0) is 9.31 Å². The molecule has 0 aliphatic carbocycles. The number of rotatable bonds is 3. The van der Waals surface area contributed by atoms with Crippen LogP contribution in [0.5, 0.6) is 5.75 Å². The third-order valence-electron chi connectivity index (χ3n) is 5.17. The second kappa shape index (κ2) is 5.43. The highest BCUT2D eigenvalue weighted by atomic mass is 16.7. The first-order chi connectivity index (χ1) is 10.3. The third kappa shape index (κ3) is 2.59. The molecular formula is C18H25BO3. The maximum Gasteiger partial charge on any atom is 0.494 e. The fourth-order valence-electron chi connectivity index (χ4n) is 3.06. The Morgan fingerprint density at radius 3 is 2.55 bits per heavy atom. The zero-order valence-electron chi connectivity index (χ0n) is 14.0. The first-order valence-corrected chi connectivity index (χ1v) is 8.07. The average molecular weight is 300 g/mol. The van der Waals surface area contributed by atoms with E-state index in [-0.39, 0.29) is 18.3 Å². The van der Waals surface area contributed by atoms with Crippen molar-refractivity contribution < 1.29 is 14.0 Å². The molecule has 0 bridgehead atoms. The van der Waals surface area contributed by atoms with Gasteiger partial charge in [-0.1, -0.05) is 18.2 Å². The molecule has 0 spiro atoms. The van der Waals surface area contributed by atoms with Crippen molar-refractivity contribution in [3.63, 3.8) is 0 Å². The van der Waals surface area contributed by atoms with Crippen LogP contribution in [0.2, 0.25) is 0 Å². The van der Waals surface area contributed by atoms with E-state index in [0.717, 1.165) is 30.7 Å². The predicted molar refractivity (Wildman–Crippen MR) is 89.8 cm³/mol. The molecule has 22 heavy (non-hydrogen) atoms. The Hall–Kier alpha value is -1.26. The van der Waals surface area contributed by atoms with Crippen molar-refractivity contribution in [3.05, 3.63) is 36.4 Å². The smallest absolute Gasteiger partial charge is 0.493 e. The Bertz CT molecular complexity index is 564. The monoisotopic (exact) mass is 300 g/mol. The molecule has 118 valence electrons. The molecule has 3 rings (SSSR count). The maximum atomic E-state index is 6.15. The summed E-state index contributed by atoms with van der Waals surface area (Å²) >= 11 is 0. The summed E-state index contributed by atoms with van der Waals surface area (Å²) in [6, 6.07) is 6.28. The van der Waals surface area contributed by atoms with Gasteiger partial charge in [-0.05, 0) is 63.5 Å². The normalized spacial score (nSPS) is 25.5. The molecule has 0 aromatic heterocycles. The highest BCUT2D eigenvalue weighted by Gasteiger charge is 2.51. The topological polar surface area (TPSA) is 27.7 Å². The van der Waals surface area contributed by atoms with E-state index in [1.54, 1.807) is 0 Å². The van der Waals surface area contributed by atoms with Crippen molar-refractivity contribution in [2.45, 2.75) is 57.7 Å². The van der Waals surface area contributed by atoms with Crippen LogP contribution in [0.15, 0.2) is 30.9 Å². The summed E-state index contributed by atoms with van der Waals surface area (Å²) in [5.41, 5.74) is 1.69. The molecule has 1 aromatic rings. The van der Waals surface area contributed by atoms with Crippen LogP contribution in [-0.4, -0.2) is 24.9 Å². The fourth-order valence-corrected chi connectivity index (χ4v) is 3.06. The van der Waals surface area contributed by atoms with E-state index in [0.29, 0.717) is 5.92 Å². The van der Waals surface area contributed by atoms with Gasteiger partial charge in [0, 0.05) is 0 Å². The number of ether oxygens (including phenoxy) is 1. The molecule has 2 aliphatic rings. The van der Waals surface area contributed by atoms with Gasteiger partial charge in [0.1, 0.15) is 5.75 Å². The van der Waals surface area contributed by atoms with Crippen LogP contribution in [0.1, 0.15) is 52.0 Å². The van der Waals surface area contributed by atoms with Gasteiger partial charge in [0.2, 0.25) is 0 Å². The van der Waals surface area contributed by atoms with Gasteiger partial charge in [-0.25, -0.2) is 0 Å². The lowest BCUT2D eigenvalue weighted by molar-refractivity contribution is 0.00578. The summed E-state index contributed by atoms with van der Waals surface area (Å²) in [7, 11) is -0.318. The fraction of sp³-hybridized carbons (Fsp3) is 0.556. The van der Waals surface area contributed by atoms with Crippen LogP contribution in [0.4, 0.5) is 0 Å². The van der Waals surface area contributed by atoms with Gasteiger partial charge in [-0.15, -0.1) is 6.58 Å². The quantitative estimate of drug-likeness (QED) is 0.632. The van der Waals surface area contributed by atoms with E-state index < -0.39 is 0 Å². The van der Waals surface area contributed by atoms with Crippen molar-refractivity contribution in [3.8, 4) is 5.75 Å². The number of fused-ring (bicyclic) bond motifs is 1. The minimum atomic E-state index is -0.318. The molecule has 0 radical (unpaired) electrons. The average Bonchev–Trinajstić information content (AvgIpc) is 2.68. The lowest BCUT2D eigenvalue weighted by Crippen LogP contribution is -2.41. The Labute approximate surface area is 133 Å². The number of hydrogen-bond acceptors (Lipinski definition) is 3. The SMILES string of the molecule is C=CCC1CCOc2ccc(B3OC(C)(C)C(C)(C)O3)cc21. The minimum absolute atomic E-state index is 0.315. The largest absolute Gasteiger partial charge is 0.494 e. The number of allylic oxidation sites excluding steroid dienone is 1. The molecule has 0 N–H and O–H groups in total. The van der Waals surface area contributed by atoms with Gasteiger partial charge in [-0.3, -0.25) is 0 Å². The van der Waals surface area contributed by atoms with Crippen molar-refractivity contribution in [1.29, 1.82) is 0 Å². The van der Waals surface area contributed by atoms with Crippen LogP contribution < -0.4 is 10.2 Å². The summed E-state index contributed by atoms with van der Waals surface area (Å²) < 4.78 is 18.1. The van der Waals surface area contributed by atoms with Gasteiger partial charge in [0.25, 0.3) is 0 Å². The Morgan fingerprint density at radius 2 is 1.91 bits per heavy atom. The molecule has 4 heteroatoms. The summed E-state index contributed by atoms with van der Waals surface area (Å²) in [4.78, 5) is 0. The molecule has 2 heterocycles. The van der Waals surface area contributed by atoms with E-state index >= 15 is 0 Å². The van der Waals surface area contributed by atoms with Gasteiger partial charge in [0.05, 0.1) is 17.8 Å². The maximum absolute atomic E-state index is 6.15. The van der Waals surface area contributed by atoms with Crippen LogP contribution in [0, 0.1) is 0 Å². The van der Waals surface area contributed by atoms with Crippen molar-refractivity contribution in [2.24, 2.45) is 0 Å². The first kappa shape index (κ1) is 15.6. The lowest BCUT2D eigenvalue weighted by Gasteiger charge is -2.32. The van der Waals surface area contributed by atoms with Crippen molar-refractivity contribution in [2.75, 3.05) is 6.61 Å². The lowest BCUT2D eigenvalue weighted by atomic mass is 9.76. The van der Waals surface area contributed by atoms with Crippen LogP contribution in [0.3, 0.4) is 0 Å². The predicted octanol–water partition coefficient (Wildman–Crippen LogP) is 3.43. The molecule has 3 nitrogen and oxygen atoms in total. The second-order valence-corrected chi connectivity index (χ2v) is 7.24. The summed E-state index contributed by atoms with van der Waals surface area (Å²) in [6.07, 6.45) is 4.00. The summed E-state index contributed by atoms with van der Waals surface area (Å²) in [5.74, 6) is 1.46. The molecule has 1 saturated heterocycles. The van der Waals surface area contributed by atoms with Crippen molar-refractivity contribution >= 4 is 12.6 Å². The van der Waals surface area contributed by atoms with Crippen molar-refractivity contribution in [1.82, 2.24) is 0 Å². The van der Waals surface area contributed by atoms with E-state index in [1.165, 1.54) is 5.56 Å². The van der Waals surface area contributed by atoms with E-state index in [2.05, 4.69) is 46.4 Å². The molecule has 0 saturated carbocycles. The zero-order chi connectivity index (χ0) is 16.0. The Morgan fingerprint density at radius 1 is 1.23 bits per heavy atom. The third-order valence-corrected chi connectivity index (χ3v) is 5.17. The molecular weight excluding hydrogens is 275 g/mol. The standard InChI is InChI=1S/C18H25BO3/c1-6-7-13-10-11-20-16-9-8-14(12-15(13)16)19-21-17(2,3)18(4,5)22-19/h6,8-9,12-13H,1,7,10-11H2,2-5H3. The molecule has 1 aromatic carbocycles. The Kier molecular flexibility index (Phi) is 3.86. The van der Waals surface area contributed by atoms with E-state index in [9.17, 15) is 0 Å². The van der Waals surface area contributed by atoms with Gasteiger partial charge in [-0.2, -0.15) is 0 Å². The molecule has 2 aliphatic heterocycles. The van der Waals surface area contributed by atoms with Gasteiger partial charge < -0.3 is 14.0 Å². The molecule has 1 atom stereocenters. The minimum Gasteiger partial charge on any atom is -0.493 e. The molecule has 1 unspecified atom stereocenters. The van der Waals surface area contributed by atoms with Gasteiger partial charge in [0.15, 0.2) is 0 Å². The zero-order valence-corrected chi connectivity index (χ0v) is 14.0. The van der Waals surface area contributed by atoms with Crippen LogP contribution >= 0.6 is 0 Å². The summed E-state index contributed by atoms with van der Waals surface area (Å²) in [6.45, 7) is 13.0. The highest BCUT2D eigenvalue weighted by Crippen LogP contribution is 2.38. The number of hydrogen-bond donors (Lipinski definition) is 0. The Balaban J connectivity index is 1.91.